The van der Waals surface area contributed by atoms with Gasteiger partial charge in [-0.3, -0.25) is 4.79 Å². The van der Waals surface area contributed by atoms with Gasteiger partial charge in [0.15, 0.2) is 0 Å². The summed E-state index contributed by atoms with van der Waals surface area (Å²) >= 11 is 0. The first-order chi connectivity index (χ1) is 12.9. The van der Waals surface area contributed by atoms with Crippen molar-refractivity contribution in [1.29, 1.82) is 0 Å². The van der Waals surface area contributed by atoms with Crippen LogP contribution < -0.4 is 10.6 Å². The zero-order valence-corrected chi connectivity index (χ0v) is 15.5. The number of hydrogen-bond donors (Lipinski definition) is 2. The molecule has 0 fully saturated rings. The van der Waals surface area contributed by atoms with Gasteiger partial charge in [-0.15, -0.1) is 0 Å². The fourth-order valence-electron chi connectivity index (χ4n) is 2.73. The molecule has 0 saturated carbocycles. The molecule has 1 amide bonds. The summed E-state index contributed by atoms with van der Waals surface area (Å²) in [6, 6.07) is 14.8. The van der Waals surface area contributed by atoms with Crippen molar-refractivity contribution in [1.82, 2.24) is 15.3 Å². The first-order valence-electron chi connectivity index (χ1n) is 8.66. The van der Waals surface area contributed by atoms with E-state index in [4.69, 9.17) is 0 Å². The van der Waals surface area contributed by atoms with Crippen LogP contribution in [0.15, 0.2) is 54.6 Å². The monoisotopic (exact) mass is 364 g/mol. The Morgan fingerprint density at radius 2 is 1.56 bits per heavy atom. The van der Waals surface area contributed by atoms with Crippen LogP contribution >= 0.6 is 0 Å². The maximum Gasteiger partial charge on any atom is 0.251 e. The number of anilines is 2. The Morgan fingerprint density at radius 3 is 2.15 bits per heavy atom. The van der Waals surface area contributed by atoms with Crippen molar-refractivity contribution in [3.05, 3.63) is 82.9 Å². The summed E-state index contributed by atoms with van der Waals surface area (Å²) in [5.74, 6) is 0.0313. The third-order valence-corrected chi connectivity index (χ3v) is 4.10. The molecule has 5 nitrogen and oxygen atoms in total. The number of benzene rings is 2. The quantitative estimate of drug-likeness (QED) is 0.701. The highest BCUT2D eigenvalue weighted by Crippen LogP contribution is 2.17. The zero-order chi connectivity index (χ0) is 19.4. The van der Waals surface area contributed by atoms with E-state index in [1.165, 1.54) is 12.1 Å². The summed E-state index contributed by atoms with van der Waals surface area (Å²) in [6.07, 6.45) is 0. The molecule has 0 aliphatic carbocycles. The predicted molar refractivity (Wildman–Crippen MR) is 104 cm³/mol. The molecule has 0 spiro atoms. The van der Waals surface area contributed by atoms with Gasteiger partial charge in [-0.25, -0.2) is 14.4 Å². The van der Waals surface area contributed by atoms with Gasteiger partial charge >= 0.3 is 0 Å². The maximum absolute atomic E-state index is 13.0. The van der Waals surface area contributed by atoms with Gasteiger partial charge in [-0.2, -0.15) is 0 Å². The number of aromatic nitrogens is 2. The van der Waals surface area contributed by atoms with E-state index < -0.39 is 0 Å². The van der Waals surface area contributed by atoms with E-state index in [0.29, 0.717) is 11.5 Å². The Labute approximate surface area is 157 Å². The molecule has 1 aromatic heterocycles. The summed E-state index contributed by atoms with van der Waals surface area (Å²) in [4.78, 5) is 21.1. The largest absolute Gasteiger partial charge is 0.346 e. The number of amides is 1. The fraction of sp³-hybridized carbons (Fsp3) is 0.190. The number of nitrogens with one attached hydrogen (secondary N) is 2. The first-order valence-corrected chi connectivity index (χ1v) is 8.66. The molecule has 2 aromatic carbocycles. The van der Waals surface area contributed by atoms with Gasteiger partial charge in [0, 0.05) is 22.6 Å². The predicted octanol–water partition coefficient (Wildman–Crippen LogP) is 4.47. The number of nitrogens with zero attached hydrogens (tertiary/aromatic N) is 2. The highest BCUT2D eigenvalue weighted by atomic mass is 19.1. The van der Waals surface area contributed by atoms with Crippen LogP contribution in [0.5, 0.6) is 0 Å². The Morgan fingerprint density at radius 1 is 0.963 bits per heavy atom. The standard InChI is InChI=1S/C21H21FN4O/c1-13-12-14(2)24-21(23-13)26-19-10-6-17(7-11-19)20(27)25-15(3)16-4-8-18(22)9-5-16/h4-12,15H,1-3H3,(H,25,27)(H,23,24,26)/t15-/m0/s1. The molecule has 3 aromatic rings. The van der Waals surface area contributed by atoms with Crippen LogP contribution in [0.4, 0.5) is 16.0 Å². The number of hydrogen-bond acceptors (Lipinski definition) is 4. The van der Waals surface area contributed by atoms with Crippen LogP contribution in [-0.4, -0.2) is 15.9 Å². The second-order valence-electron chi connectivity index (χ2n) is 6.42. The van der Waals surface area contributed by atoms with E-state index >= 15 is 0 Å². The third-order valence-electron chi connectivity index (χ3n) is 4.10. The van der Waals surface area contributed by atoms with E-state index in [2.05, 4.69) is 20.6 Å². The molecule has 0 bridgehead atoms. The van der Waals surface area contributed by atoms with Gasteiger partial charge in [0.05, 0.1) is 6.04 Å². The van der Waals surface area contributed by atoms with Crippen LogP contribution in [0.25, 0.3) is 0 Å². The van der Waals surface area contributed by atoms with Crippen LogP contribution in [0.2, 0.25) is 0 Å². The van der Waals surface area contributed by atoms with E-state index in [1.54, 1.807) is 36.4 Å². The van der Waals surface area contributed by atoms with Crippen molar-refractivity contribution >= 4 is 17.5 Å². The molecule has 1 heterocycles. The lowest BCUT2D eigenvalue weighted by Gasteiger charge is -2.14. The van der Waals surface area contributed by atoms with Crippen molar-refractivity contribution < 1.29 is 9.18 Å². The maximum atomic E-state index is 13.0. The second-order valence-corrected chi connectivity index (χ2v) is 6.42. The minimum Gasteiger partial charge on any atom is -0.346 e. The molecule has 2 N–H and O–H groups in total. The SMILES string of the molecule is Cc1cc(C)nc(Nc2ccc(C(=O)N[C@@H](C)c3ccc(F)cc3)cc2)n1. The molecule has 6 heteroatoms. The molecule has 27 heavy (non-hydrogen) atoms. The number of rotatable bonds is 5. The summed E-state index contributed by atoms with van der Waals surface area (Å²) in [5, 5.41) is 6.04. The zero-order valence-electron chi connectivity index (χ0n) is 15.5. The van der Waals surface area contributed by atoms with E-state index in [-0.39, 0.29) is 17.8 Å². The molecule has 1 atom stereocenters. The Bertz CT molecular complexity index is 919. The van der Waals surface area contributed by atoms with Crippen LogP contribution in [0, 0.1) is 19.7 Å². The summed E-state index contributed by atoms with van der Waals surface area (Å²) in [6.45, 7) is 5.68. The number of aryl methyl sites for hydroxylation is 2. The molecular formula is C21H21FN4O. The van der Waals surface area contributed by atoms with E-state index in [1.807, 2.05) is 26.8 Å². The highest BCUT2D eigenvalue weighted by Gasteiger charge is 2.12. The lowest BCUT2D eigenvalue weighted by Crippen LogP contribution is -2.26. The molecule has 0 aliphatic rings. The fourth-order valence-corrected chi connectivity index (χ4v) is 2.73. The van der Waals surface area contributed by atoms with Gasteiger partial charge in [0.1, 0.15) is 5.82 Å². The minimum absolute atomic E-state index is 0.193. The van der Waals surface area contributed by atoms with Crippen molar-refractivity contribution in [2.45, 2.75) is 26.8 Å². The number of carbonyl (C=O) groups is 1. The average Bonchev–Trinajstić information content (AvgIpc) is 2.62. The lowest BCUT2D eigenvalue weighted by atomic mass is 10.1. The van der Waals surface area contributed by atoms with E-state index in [9.17, 15) is 9.18 Å². The number of halogens is 1. The van der Waals surface area contributed by atoms with Crippen LogP contribution in [0.3, 0.4) is 0 Å². The van der Waals surface area contributed by atoms with Gasteiger partial charge in [0.2, 0.25) is 5.95 Å². The second kappa shape index (κ2) is 7.95. The molecule has 0 radical (unpaired) electrons. The van der Waals surface area contributed by atoms with Crippen molar-refractivity contribution in [2.24, 2.45) is 0 Å². The summed E-state index contributed by atoms with van der Waals surface area (Å²) in [7, 11) is 0. The molecule has 0 unspecified atom stereocenters. The summed E-state index contributed by atoms with van der Waals surface area (Å²) in [5.41, 5.74) is 3.94. The first kappa shape index (κ1) is 18.5. The normalized spacial score (nSPS) is 11.7. The molecule has 138 valence electrons. The van der Waals surface area contributed by atoms with Crippen LogP contribution in [-0.2, 0) is 0 Å². The average molecular weight is 364 g/mol. The van der Waals surface area contributed by atoms with Gasteiger partial charge in [-0.05, 0) is 68.8 Å². The van der Waals surface area contributed by atoms with Crippen molar-refractivity contribution in [2.75, 3.05) is 5.32 Å². The molecule has 3 rings (SSSR count). The molecule has 0 saturated heterocycles. The van der Waals surface area contributed by atoms with Crippen molar-refractivity contribution in [3.8, 4) is 0 Å². The lowest BCUT2D eigenvalue weighted by molar-refractivity contribution is 0.0940. The van der Waals surface area contributed by atoms with E-state index in [0.717, 1.165) is 22.6 Å². The topological polar surface area (TPSA) is 66.9 Å². The molecule has 0 aliphatic heterocycles. The minimum atomic E-state index is -0.298. The Kier molecular flexibility index (Phi) is 5.45. The smallest absolute Gasteiger partial charge is 0.251 e. The Balaban J connectivity index is 1.65. The number of carbonyl (C=O) groups excluding carboxylic acids is 1. The Hall–Kier alpha value is -3.28. The highest BCUT2D eigenvalue weighted by molar-refractivity contribution is 5.94. The van der Waals surface area contributed by atoms with Crippen LogP contribution in [0.1, 0.15) is 40.3 Å². The third kappa shape index (κ3) is 4.88. The summed E-state index contributed by atoms with van der Waals surface area (Å²) < 4.78 is 13.0. The molecular weight excluding hydrogens is 343 g/mol. The van der Waals surface area contributed by atoms with Crippen molar-refractivity contribution in [3.63, 3.8) is 0 Å². The van der Waals surface area contributed by atoms with Gasteiger partial charge in [0.25, 0.3) is 5.91 Å². The van der Waals surface area contributed by atoms with Gasteiger partial charge in [-0.1, -0.05) is 12.1 Å². The van der Waals surface area contributed by atoms with Gasteiger partial charge < -0.3 is 10.6 Å².